The summed E-state index contributed by atoms with van der Waals surface area (Å²) in [6, 6.07) is 13.5. The number of benzene rings is 1. The van der Waals surface area contributed by atoms with Gasteiger partial charge in [-0.05, 0) is 11.6 Å². The number of aromatic nitrogens is 1. The van der Waals surface area contributed by atoms with Crippen molar-refractivity contribution in [1.29, 1.82) is 5.26 Å². The van der Waals surface area contributed by atoms with E-state index in [1.54, 1.807) is 12.3 Å². The molecule has 0 saturated heterocycles. The minimum absolute atomic E-state index is 0.262. The monoisotopic (exact) mass is 214 g/mol. The molecule has 0 fully saturated rings. The Morgan fingerprint density at radius 3 is 2.53 bits per heavy atom. The molecule has 0 bridgehead atoms. The quantitative estimate of drug-likeness (QED) is 0.731. The normalized spacial score (nSPS) is 9.60. The zero-order valence-corrected chi connectivity index (χ0v) is 8.57. The fraction of sp³-hybridized carbons (Fsp3) is 0. The fourth-order valence-electron chi connectivity index (χ4n) is 1.36. The molecule has 0 aliphatic rings. The highest BCUT2D eigenvalue weighted by atomic mass is 35.5. The summed E-state index contributed by atoms with van der Waals surface area (Å²) in [5.41, 5.74) is 2.09. The van der Waals surface area contributed by atoms with Gasteiger partial charge < -0.3 is 0 Å². The van der Waals surface area contributed by atoms with E-state index in [1.165, 1.54) is 0 Å². The Morgan fingerprint density at radius 2 is 1.87 bits per heavy atom. The predicted molar refractivity (Wildman–Crippen MR) is 59.4 cm³/mol. The van der Waals surface area contributed by atoms with Crippen molar-refractivity contribution in [3.63, 3.8) is 0 Å². The summed E-state index contributed by atoms with van der Waals surface area (Å²) in [6.45, 7) is 0. The van der Waals surface area contributed by atoms with Crippen LogP contribution < -0.4 is 0 Å². The zero-order valence-electron chi connectivity index (χ0n) is 7.81. The standard InChI is InChI=1S/C12H7ClN2/c13-12-10(6-7-15-11(12)8-14)9-4-2-1-3-5-9/h1-7H. The van der Waals surface area contributed by atoms with Gasteiger partial charge in [0.05, 0.1) is 5.02 Å². The summed E-state index contributed by atoms with van der Waals surface area (Å²) >= 11 is 6.06. The van der Waals surface area contributed by atoms with Crippen LogP contribution in [-0.4, -0.2) is 4.98 Å². The van der Waals surface area contributed by atoms with Crippen molar-refractivity contribution in [3.8, 4) is 17.2 Å². The third-order valence-electron chi connectivity index (χ3n) is 2.08. The Morgan fingerprint density at radius 1 is 1.13 bits per heavy atom. The van der Waals surface area contributed by atoms with Crippen LogP contribution in [0.25, 0.3) is 11.1 Å². The summed E-state index contributed by atoms with van der Waals surface area (Å²) in [4.78, 5) is 3.89. The van der Waals surface area contributed by atoms with Crippen LogP contribution in [-0.2, 0) is 0 Å². The van der Waals surface area contributed by atoms with Crippen LogP contribution >= 0.6 is 11.6 Å². The van der Waals surface area contributed by atoms with Crippen molar-refractivity contribution in [3.05, 3.63) is 53.3 Å². The van der Waals surface area contributed by atoms with E-state index < -0.39 is 0 Å². The maximum Gasteiger partial charge on any atom is 0.159 e. The summed E-state index contributed by atoms with van der Waals surface area (Å²) in [7, 11) is 0. The Hall–Kier alpha value is -1.85. The Bertz CT molecular complexity index is 515. The fourth-order valence-corrected chi connectivity index (χ4v) is 1.63. The number of halogens is 1. The molecule has 1 aromatic heterocycles. The number of hydrogen-bond acceptors (Lipinski definition) is 2. The summed E-state index contributed by atoms with van der Waals surface area (Å²) in [5, 5.41) is 9.20. The lowest BCUT2D eigenvalue weighted by Gasteiger charge is -2.04. The van der Waals surface area contributed by atoms with Gasteiger partial charge in [0, 0.05) is 11.8 Å². The first kappa shape index (κ1) is 9.70. The Balaban J connectivity index is 2.61. The van der Waals surface area contributed by atoms with E-state index in [2.05, 4.69) is 4.98 Å². The highest BCUT2D eigenvalue weighted by Crippen LogP contribution is 2.28. The van der Waals surface area contributed by atoms with Crippen LogP contribution in [0.15, 0.2) is 42.6 Å². The number of pyridine rings is 1. The van der Waals surface area contributed by atoms with Gasteiger partial charge >= 0.3 is 0 Å². The molecule has 0 unspecified atom stereocenters. The van der Waals surface area contributed by atoms with Crippen molar-refractivity contribution >= 4 is 11.6 Å². The third-order valence-corrected chi connectivity index (χ3v) is 2.46. The maximum absolute atomic E-state index is 8.79. The van der Waals surface area contributed by atoms with E-state index in [9.17, 15) is 0 Å². The second-order valence-corrected chi connectivity index (χ2v) is 3.38. The van der Waals surface area contributed by atoms with E-state index in [0.29, 0.717) is 5.02 Å². The molecule has 0 saturated carbocycles. The Kier molecular flexibility index (Phi) is 2.66. The van der Waals surface area contributed by atoms with Gasteiger partial charge in [-0.1, -0.05) is 41.9 Å². The molecule has 2 nitrogen and oxygen atoms in total. The molecule has 3 heteroatoms. The maximum atomic E-state index is 8.79. The molecule has 0 N–H and O–H groups in total. The highest BCUT2D eigenvalue weighted by molar-refractivity contribution is 6.34. The number of hydrogen-bond donors (Lipinski definition) is 0. The molecule has 0 atom stereocenters. The molecular weight excluding hydrogens is 208 g/mol. The number of nitriles is 1. The highest BCUT2D eigenvalue weighted by Gasteiger charge is 2.07. The number of rotatable bonds is 1. The largest absolute Gasteiger partial charge is 0.244 e. The van der Waals surface area contributed by atoms with Crippen LogP contribution in [0.1, 0.15) is 5.69 Å². The van der Waals surface area contributed by atoms with E-state index in [0.717, 1.165) is 11.1 Å². The molecule has 0 aliphatic heterocycles. The van der Waals surface area contributed by atoms with Crippen LogP contribution in [0.4, 0.5) is 0 Å². The average molecular weight is 215 g/mol. The first-order chi connectivity index (χ1) is 7.33. The van der Waals surface area contributed by atoms with E-state index in [-0.39, 0.29) is 5.69 Å². The van der Waals surface area contributed by atoms with Crippen molar-refractivity contribution in [2.75, 3.05) is 0 Å². The average Bonchev–Trinajstić information content (AvgIpc) is 2.30. The number of nitrogens with zero attached hydrogens (tertiary/aromatic N) is 2. The minimum atomic E-state index is 0.262. The molecule has 0 aliphatic carbocycles. The minimum Gasteiger partial charge on any atom is -0.244 e. The predicted octanol–water partition coefficient (Wildman–Crippen LogP) is 3.27. The molecule has 0 amide bonds. The molecule has 2 rings (SSSR count). The smallest absolute Gasteiger partial charge is 0.159 e. The summed E-state index contributed by atoms with van der Waals surface area (Å²) in [5.74, 6) is 0. The van der Waals surface area contributed by atoms with E-state index in [1.807, 2.05) is 36.4 Å². The van der Waals surface area contributed by atoms with Crippen molar-refractivity contribution < 1.29 is 0 Å². The lowest BCUT2D eigenvalue weighted by Crippen LogP contribution is -1.87. The second kappa shape index (κ2) is 4.12. The van der Waals surface area contributed by atoms with Crippen LogP contribution in [0.3, 0.4) is 0 Å². The SMILES string of the molecule is N#Cc1nccc(-c2ccccc2)c1Cl. The van der Waals surface area contributed by atoms with E-state index >= 15 is 0 Å². The van der Waals surface area contributed by atoms with Crippen LogP contribution in [0.2, 0.25) is 5.02 Å². The Labute approximate surface area is 92.8 Å². The van der Waals surface area contributed by atoms with Gasteiger partial charge in [0.2, 0.25) is 0 Å². The van der Waals surface area contributed by atoms with Gasteiger partial charge in [0.15, 0.2) is 5.69 Å². The lowest BCUT2D eigenvalue weighted by molar-refractivity contribution is 1.26. The van der Waals surface area contributed by atoms with Crippen molar-refractivity contribution in [1.82, 2.24) is 4.98 Å². The van der Waals surface area contributed by atoms with Gasteiger partial charge in [-0.15, -0.1) is 0 Å². The van der Waals surface area contributed by atoms with Gasteiger partial charge in [0.25, 0.3) is 0 Å². The van der Waals surface area contributed by atoms with Crippen LogP contribution in [0.5, 0.6) is 0 Å². The lowest BCUT2D eigenvalue weighted by atomic mass is 10.1. The third kappa shape index (κ3) is 1.83. The molecule has 1 heterocycles. The van der Waals surface area contributed by atoms with Gasteiger partial charge in [-0.25, -0.2) is 4.98 Å². The first-order valence-electron chi connectivity index (χ1n) is 4.43. The van der Waals surface area contributed by atoms with Crippen LogP contribution in [0, 0.1) is 11.3 Å². The topological polar surface area (TPSA) is 36.7 Å². The molecule has 72 valence electrons. The van der Waals surface area contributed by atoms with Gasteiger partial charge in [0.1, 0.15) is 6.07 Å². The summed E-state index contributed by atoms with van der Waals surface area (Å²) < 4.78 is 0. The van der Waals surface area contributed by atoms with Gasteiger partial charge in [-0.3, -0.25) is 0 Å². The zero-order chi connectivity index (χ0) is 10.7. The van der Waals surface area contributed by atoms with Crippen molar-refractivity contribution in [2.24, 2.45) is 0 Å². The van der Waals surface area contributed by atoms with Crippen molar-refractivity contribution in [2.45, 2.75) is 0 Å². The molecule has 0 radical (unpaired) electrons. The molecule has 15 heavy (non-hydrogen) atoms. The molecule has 1 aromatic carbocycles. The first-order valence-corrected chi connectivity index (χ1v) is 4.81. The summed E-state index contributed by atoms with van der Waals surface area (Å²) in [6.07, 6.45) is 1.59. The molecular formula is C12H7ClN2. The second-order valence-electron chi connectivity index (χ2n) is 3.00. The molecule has 2 aromatic rings. The van der Waals surface area contributed by atoms with E-state index in [4.69, 9.17) is 16.9 Å². The molecule has 0 spiro atoms. The van der Waals surface area contributed by atoms with Gasteiger partial charge in [-0.2, -0.15) is 5.26 Å².